The van der Waals surface area contributed by atoms with Gasteiger partial charge in [0.1, 0.15) is 9.84 Å². The van der Waals surface area contributed by atoms with Crippen LogP contribution in [0.25, 0.3) is 0 Å². The Hall–Kier alpha value is -0.390. The molecule has 1 N–H and O–H groups in total. The second-order valence-corrected chi connectivity index (χ2v) is 8.09. The van der Waals surface area contributed by atoms with Crippen molar-refractivity contribution in [1.29, 1.82) is 0 Å². The Balaban J connectivity index is 1.94. The summed E-state index contributed by atoms with van der Waals surface area (Å²) >= 11 is 3.46. The fourth-order valence-corrected chi connectivity index (χ4v) is 4.19. The highest BCUT2D eigenvalue weighted by Gasteiger charge is 2.24. The first-order valence-corrected chi connectivity index (χ1v) is 8.80. The summed E-state index contributed by atoms with van der Waals surface area (Å²) in [7, 11) is -2.77. The first-order valence-electron chi connectivity index (χ1n) is 6.18. The van der Waals surface area contributed by atoms with E-state index in [4.69, 9.17) is 0 Å². The summed E-state index contributed by atoms with van der Waals surface area (Å²) in [6, 6.07) is 8.75. The van der Waals surface area contributed by atoms with Gasteiger partial charge in [-0.1, -0.05) is 28.1 Å². The van der Waals surface area contributed by atoms with E-state index in [0.717, 1.165) is 17.3 Å². The monoisotopic (exact) mass is 331 g/mol. The molecule has 0 unspecified atom stereocenters. The zero-order chi connectivity index (χ0) is 13.2. The maximum Gasteiger partial charge on any atom is 0.150 e. The first-order chi connectivity index (χ1) is 8.46. The van der Waals surface area contributed by atoms with Gasteiger partial charge in [-0.25, -0.2) is 8.42 Å². The summed E-state index contributed by atoms with van der Waals surface area (Å²) in [5, 5.41) is 3.51. The topological polar surface area (TPSA) is 46.2 Å². The highest BCUT2D eigenvalue weighted by molar-refractivity contribution is 9.10. The van der Waals surface area contributed by atoms with Gasteiger partial charge in [0.25, 0.3) is 0 Å². The molecule has 0 saturated carbocycles. The van der Waals surface area contributed by atoms with Crippen molar-refractivity contribution in [2.24, 2.45) is 0 Å². The van der Waals surface area contributed by atoms with Gasteiger partial charge in [-0.05, 0) is 37.5 Å². The zero-order valence-corrected chi connectivity index (χ0v) is 12.8. The van der Waals surface area contributed by atoms with Crippen molar-refractivity contribution in [2.75, 3.05) is 11.5 Å². The molecule has 1 heterocycles. The summed E-state index contributed by atoms with van der Waals surface area (Å²) in [5.74, 6) is 0.631. The quantitative estimate of drug-likeness (QED) is 0.926. The van der Waals surface area contributed by atoms with Gasteiger partial charge in [0, 0.05) is 16.6 Å². The molecule has 1 fully saturated rings. The number of sulfone groups is 1. The first kappa shape index (κ1) is 14.0. The second-order valence-electron chi connectivity index (χ2n) is 4.87. The maximum absolute atomic E-state index is 11.4. The molecule has 1 saturated heterocycles. The minimum absolute atomic E-state index is 0.244. The third kappa shape index (κ3) is 3.80. The van der Waals surface area contributed by atoms with E-state index in [-0.39, 0.29) is 6.04 Å². The largest absolute Gasteiger partial charge is 0.307 e. The van der Waals surface area contributed by atoms with E-state index < -0.39 is 9.84 Å². The molecule has 0 aliphatic carbocycles. The fourth-order valence-electron chi connectivity index (χ4n) is 2.28. The summed E-state index contributed by atoms with van der Waals surface area (Å²) in [6.45, 7) is 2.12. The van der Waals surface area contributed by atoms with Crippen LogP contribution in [0.3, 0.4) is 0 Å². The van der Waals surface area contributed by atoms with Crippen molar-refractivity contribution in [2.45, 2.75) is 31.8 Å². The van der Waals surface area contributed by atoms with E-state index in [2.05, 4.69) is 40.3 Å². The van der Waals surface area contributed by atoms with Crippen LogP contribution in [0.4, 0.5) is 0 Å². The molecule has 1 atom stereocenters. The Morgan fingerprint density at radius 1 is 1.33 bits per heavy atom. The Kier molecular flexibility index (Phi) is 4.45. The van der Waals surface area contributed by atoms with E-state index >= 15 is 0 Å². The minimum Gasteiger partial charge on any atom is -0.307 e. The molecular formula is C13H18BrNO2S. The van der Waals surface area contributed by atoms with Crippen molar-refractivity contribution < 1.29 is 8.42 Å². The summed E-state index contributed by atoms with van der Waals surface area (Å²) in [4.78, 5) is 0. The van der Waals surface area contributed by atoms with Crippen LogP contribution in [-0.4, -0.2) is 26.0 Å². The molecule has 2 rings (SSSR count). The predicted octanol–water partition coefficient (Wildman–Crippen LogP) is 2.68. The summed E-state index contributed by atoms with van der Waals surface area (Å²) < 4.78 is 23.8. The van der Waals surface area contributed by atoms with Crippen LogP contribution in [0.15, 0.2) is 28.7 Å². The third-order valence-corrected chi connectivity index (χ3v) is 5.60. The number of benzene rings is 1. The van der Waals surface area contributed by atoms with Gasteiger partial charge in [-0.15, -0.1) is 0 Å². The molecular weight excluding hydrogens is 314 g/mol. The average molecular weight is 332 g/mol. The van der Waals surface area contributed by atoms with Crippen molar-refractivity contribution >= 4 is 25.8 Å². The fraction of sp³-hybridized carbons (Fsp3) is 0.538. The molecule has 0 radical (unpaired) electrons. The lowest BCUT2D eigenvalue weighted by atomic mass is 10.1. The SMILES string of the molecule is C[C@H](NC1CCS(=O)(=O)CC1)c1cccc(Br)c1. The molecule has 1 aromatic carbocycles. The van der Waals surface area contributed by atoms with Gasteiger partial charge < -0.3 is 5.32 Å². The molecule has 18 heavy (non-hydrogen) atoms. The number of hydrogen-bond acceptors (Lipinski definition) is 3. The van der Waals surface area contributed by atoms with E-state index in [1.807, 2.05) is 12.1 Å². The van der Waals surface area contributed by atoms with E-state index in [9.17, 15) is 8.42 Å². The Labute approximate surface area is 117 Å². The van der Waals surface area contributed by atoms with Gasteiger partial charge in [0.15, 0.2) is 0 Å². The highest BCUT2D eigenvalue weighted by atomic mass is 79.9. The molecule has 1 aliphatic heterocycles. The van der Waals surface area contributed by atoms with Gasteiger partial charge in [0.05, 0.1) is 11.5 Å². The molecule has 0 amide bonds. The average Bonchev–Trinajstić information content (AvgIpc) is 2.32. The molecule has 1 aromatic rings. The lowest BCUT2D eigenvalue weighted by Crippen LogP contribution is -2.38. The highest BCUT2D eigenvalue weighted by Crippen LogP contribution is 2.21. The molecule has 1 aliphatic rings. The lowest BCUT2D eigenvalue weighted by Gasteiger charge is -2.27. The standard InChI is InChI=1S/C13H18BrNO2S/c1-10(11-3-2-4-12(14)9-11)15-13-5-7-18(16,17)8-6-13/h2-4,9-10,13,15H,5-8H2,1H3/t10-/m0/s1. The van der Waals surface area contributed by atoms with Crippen LogP contribution in [0.5, 0.6) is 0 Å². The van der Waals surface area contributed by atoms with Crippen LogP contribution in [0.2, 0.25) is 0 Å². The molecule has 5 heteroatoms. The Morgan fingerprint density at radius 3 is 2.61 bits per heavy atom. The smallest absolute Gasteiger partial charge is 0.150 e. The van der Waals surface area contributed by atoms with Gasteiger partial charge >= 0.3 is 0 Å². The summed E-state index contributed by atoms with van der Waals surface area (Å²) in [5.41, 5.74) is 1.22. The van der Waals surface area contributed by atoms with Crippen molar-refractivity contribution in [1.82, 2.24) is 5.32 Å². The minimum atomic E-state index is -2.77. The maximum atomic E-state index is 11.4. The van der Waals surface area contributed by atoms with Crippen molar-refractivity contribution in [3.63, 3.8) is 0 Å². The molecule has 100 valence electrons. The molecule has 0 bridgehead atoms. The van der Waals surface area contributed by atoms with E-state index in [1.165, 1.54) is 5.56 Å². The number of nitrogens with one attached hydrogen (secondary N) is 1. The van der Waals surface area contributed by atoms with Gasteiger partial charge in [-0.2, -0.15) is 0 Å². The molecule has 0 aromatic heterocycles. The van der Waals surface area contributed by atoms with Crippen molar-refractivity contribution in [3.8, 4) is 0 Å². The zero-order valence-electron chi connectivity index (χ0n) is 10.4. The summed E-state index contributed by atoms with van der Waals surface area (Å²) in [6.07, 6.45) is 1.45. The third-order valence-electron chi connectivity index (χ3n) is 3.39. The normalized spacial score (nSPS) is 21.7. The predicted molar refractivity (Wildman–Crippen MR) is 77.4 cm³/mol. The van der Waals surface area contributed by atoms with Crippen LogP contribution < -0.4 is 5.32 Å². The number of halogens is 1. The van der Waals surface area contributed by atoms with Crippen LogP contribution in [0.1, 0.15) is 31.4 Å². The second kappa shape index (κ2) is 5.72. The Bertz CT molecular complexity index is 501. The number of rotatable bonds is 3. The lowest BCUT2D eigenvalue weighted by molar-refractivity contribution is 0.420. The van der Waals surface area contributed by atoms with E-state index in [0.29, 0.717) is 17.5 Å². The van der Waals surface area contributed by atoms with E-state index in [1.54, 1.807) is 0 Å². The van der Waals surface area contributed by atoms with Crippen LogP contribution >= 0.6 is 15.9 Å². The molecule has 3 nitrogen and oxygen atoms in total. The van der Waals surface area contributed by atoms with Gasteiger partial charge in [0.2, 0.25) is 0 Å². The Morgan fingerprint density at radius 2 is 2.00 bits per heavy atom. The van der Waals surface area contributed by atoms with Crippen LogP contribution in [-0.2, 0) is 9.84 Å². The number of hydrogen-bond donors (Lipinski definition) is 1. The molecule has 0 spiro atoms. The van der Waals surface area contributed by atoms with Crippen LogP contribution in [0, 0.1) is 0 Å². The van der Waals surface area contributed by atoms with Crippen molar-refractivity contribution in [3.05, 3.63) is 34.3 Å². The van der Waals surface area contributed by atoms with Gasteiger partial charge in [-0.3, -0.25) is 0 Å².